The van der Waals surface area contributed by atoms with E-state index >= 15 is 0 Å². The van der Waals surface area contributed by atoms with E-state index in [9.17, 15) is 0 Å². The van der Waals surface area contributed by atoms with Crippen molar-refractivity contribution in [3.05, 3.63) is 0 Å². The lowest BCUT2D eigenvalue weighted by atomic mass is 10.0. The molecule has 1 fully saturated rings. The average Bonchev–Trinajstić information content (AvgIpc) is 3.43. The minimum atomic E-state index is 0.667. The minimum Gasteiger partial charge on any atom is -0.382 e. The fourth-order valence-electron chi connectivity index (χ4n) is 3.99. The van der Waals surface area contributed by atoms with E-state index in [-0.39, 0.29) is 0 Å². The zero-order valence-electron chi connectivity index (χ0n) is 18.5. The van der Waals surface area contributed by atoms with Crippen LogP contribution >= 0.6 is 0 Å². The van der Waals surface area contributed by atoms with Gasteiger partial charge in [-0.15, -0.1) is 0 Å². The molecule has 0 aromatic heterocycles. The standard InChI is InChI=1S/C24H48O3/c1-3-4-5-6-9-12-15-23-22-24(23)16-13-10-7-8-11-14-17-26-20-21-27-19-18-25-2/h23-24H,3-22H2,1-2H3. The Kier molecular flexibility index (Phi) is 17.7. The second-order valence-electron chi connectivity index (χ2n) is 8.44. The van der Waals surface area contributed by atoms with Crippen molar-refractivity contribution in [1.29, 1.82) is 0 Å². The Labute approximate surface area is 169 Å². The van der Waals surface area contributed by atoms with Crippen molar-refractivity contribution in [1.82, 2.24) is 0 Å². The molecule has 3 heteroatoms. The van der Waals surface area contributed by atoms with Gasteiger partial charge in [-0.2, -0.15) is 0 Å². The van der Waals surface area contributed by atoms with Gasteiger partial charge in [0, 0.05) is 13.7 Å². The van der Waals surface area contributed by atoms with Gasteiger partial charge in [-0.1, -0.05) is 90.4 Å². The number of rotatable bonds is 22. The van der Waals surface area contributed by atoms with Gasteiger partial charge in [0.05, 0.1) is 26.4 Å². The molecule has 0 N–H and O–H groups in total. The Morgan fingerprint density at radius 3 is 1.63 bits per heavy atom. The molecule has 0 radical (unpaired) electrons. The van der Waals surface area contributed by atoms with Crippen LogP contribution in [0.25, 0.3) is 0 Å². The quantitative estimate of drug-likeness (QED) is 0.192. The monoisotopic (exact) mass is 384 g/mol. The Balaban J connectivity index is 1.68. The van der Waals surface area contributed by atoms with Gasteiger partial charge >= 0.3 is 0 Å². The summed E-state index contributed by atoms with van der Waals surface area (Å²) in [6.07, 6.45) is 21.5. The van der Waals surface area contributed by atoms with Gasteiger partial charge in [0.2, 0.25) is 0 Å². The number of hydrogen-bond acceptors (Lipinski definition) is 3. The first-order valence-electron chi connectivity index (χ1n) is 12.0. The van der Waals surface area contributed by atoms with Crippen molar-refractivity contribution in [3.63, 3.8) is 0 Å². The zero-order chi connectivity index (χ0) is 19.4. The van der Waals surface area contributed by atoms with E-state index in [2.05, 4.69) is 6.92 Å². The van der Waals surface area contributed by atoms with Crippen LogP contribution in [-0.4, -0.2) is 40.1 Å². The summed E-state index contributed by atoms with van der Waals surface area (Å²) in [7, 11) is 1.69. The van der Waals surface area contributed by atoms with Gasteiger partial charge in [0.25, 0.3) is 0 Å². The fourth-order valence-corrected chi connectivity index (χ4v) is 3.99. The van der Waals surface area contributed by atoms with Crippen LogP contribution in [-0.2, 0) is 14.2 Å². The highest BCUT2D eigenvalue weighted by Gasteiger charge is 2.34. The van der Waals surface area contributed by atoms with Crippen molar-refractivity contribution in [3.8, 4) is 0 Å². The van der Waals surface area contributed by atoms with Crippen molar-refractivity contribution in [2.45, 2.75) is 103 Å². The molecule has 2 atom stereocenters. The Morgan fingerprint density at radius 1 is 0.556 bits per heavy atom. The third-order valence-corrected chi connectivity index (χ3v) is 5.91. The van der Waals surface area contributed by atoms with Crippen molar-refractivity contribution >= 4 is 0 Å². The number of methoxy groups -OCH3 is 1. The van der Waals surface area contributed by atoms with E-state index in [1.165, 1.54) is 89.9 Å². The topological polar surface area (TPSA) is 27.7 Å². The van der Waals surface area contributed by atoms with Gasteiger partial charge in [-0.3, -0.25) is 0 Å². The van der Waals surface area contributed by atoms with E-state index in [4.69, 9.17) is 14.2 Å². The maximum atomic E-state index is 5.59. The van der Waals surface area contributed by atoms with Gasteiger partial charge in [0.1, 0.15) is 0 Å². The van der Waals surface area contributed by atoms with Gasteiger partial charge in [-0.25, -0.2) is 0 Å². The van der Waals surface area contributed by atoms with Crippen LogP contribution in [0.15, 0.2) is 0 Å². The van der Waals surface area contributed by atoms with Crippen LogP contribution in [0.1, 0.15) is 103 Å². The lowest BCUT2D eigenvalue weighted by Gasteiger charge is -2.06. The Morgan fingerprint density at radius 2 is 1.04 bits per heavy atom. The molecule has 1 aliphatic rings. The highest BCUT2D eigenvalue weighted by molar-refractivity contribution is 4.85. The Bertz CT molecular complexity index is 295. The summed E-state index contributed by atoms with van der Waals surface area (Å²) in [5.74, 6) is 2.20. The smallest absolute Gasteiger partial charge is 0.0701 e. The second kappa shape index (κ2) is 19.2. The molecule has 2 unspecified atom stereocenters. The van der Waals surface area contributed by atoms with Crippen LogP contribution in [0, 0.1) is 11.8 Å². The molecule has 1 aliphatic carbocycles. The highest BCUT2D eigenvalue weighted by Crippen LogP contribution is 2.45. The Hall–Kier alpha value is -0.120. The number of unbranched alkanes of at least 4 members (excludes halogenated alkanes) is 10. The number of hydrogen-bond donors (Lipinski definition) is 0. The summed E-state index contributed by atoms with van der Waals surface area (Å²) in [6.45, 7) is 5.92. The van der Waals surface area contributed by atoms with Crippen LogP contribution in [0.4, 0.5) is 0 Å². The van der Waals surface area contributed by atoms with E-state index in [0.29, 0.717) is 26.4 Å². The van der Waals surface area contributed by atoms with Crippen LogP contribution in [0.3, 0.4) is 0 Å². The molecular formula is C24H48O3. The fraction of sp³-hybridized carbons (Fsp3) is 1.00. The molecule has 0 heterocycles. The summed E-state index contributed by atoms with van der Waals surface area (Å²) in [4.78, 5) is 0. The molecule has 0 bridgehead atoms. The first-order valence-corrected chi connectivity index (χ1v) is 12.0. The lowest BCUT2D eigenvalue weighted by Crippen LogP contribution is -2.08. The molecule has 27 heavy (non-hydrogen) atoms. The predicted octanol–water partition coefficient (Wildman–Crippen LogP) is 6.78. The molecule has 1 rings (SSSR count). The third kappa shape index (κ3) is 16.5. The van der Waals surface area contributed by atoms with Crippen LogP contribution < -0.4 is 0 Å². The molecule has 1 saturated carbocycles. The summed E-state index contributed by atoms with van der Waals surface area (Å²) in [5.41, 5.74) is 0. The molecule has 162 valence electrons. The molecule has 0 aliphatic heterocycles. The largest absolute Gasteiger partial charge is 0.382 e. The second-order valence-corrected chi connectivity index (χ2v) is 8.44. The summed E-state index contributed by atoms with van der Waals surface area (Å²) in [6, 6.07) is 0. The maximum Gasteiger partial charge on any atom is 0.0701 e. The molecule has 0 saturated heterocycles. The van der Waals surface area contributed by atoms with E-state index < -0.39 is 0 Å². The summed E-state index contributed by atoms with van der Waals surface area (Å²) in [5, 5.41) is 0. The molecule has 3 nitrogen and oxygen atoms in total. The van der Waals surface area contributed by atoms with Crippen molar-refractivity contribution < 1.29 is 14.2 Å². The van der Waals surface area contributed by atoms with Crippen LogP contribution in [0.2, 0.25) is 0 Å². The molecular weight excluding hydrogens is 336 g/mol. The van der Waals surface area contributed by atoms with Gasteiger partial charge in [-0.05, 0) is 24.7 Å². The maximum absolute atomic E-state index is 5.59. The summed E-state index contributed by atoms with van der Waals surface area (Å²) >= 11 is 0. The molecule has 0 amide bonds. The normalized spacial score (nSPS) is 18.9. The van der Waals surface area contributed by atoms with E-state index in [0.717, 1.165) is 18.4 Å². The van der Waals surface area contributed by atoms with E-state index in [1.54, 1.807) is 13.5 Å². The average molecular weight is 385 g/mol. The summed E-state index contributed by atoms with van der Waals surface area (Å²) < 4.78 is 15.9. The van der Waals surface area contributed by atoms with Crippen molar-refractivity contribution in [2.75, 3.05) is 40.1 Å². The molecule has 0 aromatic rings. The van der Waals surface area contributed by atoms with Crippen LogP contribution in [0.5, 0.6) is 0 Å². The molecule has 0 aromatic carbocycles. The van der Waals surface area contributed by atoms with E-state index in [1.807, 2.05) is 0 Å². The van der Waals surface area contributed by atoms with Crippen molar-refractivity contribution in [2.24, 2.45) is 11.8 Å². The van der Waals surface area contributed by atoms with Gasteiger partial charge < -0.3 is 14.2 Å². The zero-order valence-corrected chi connectivity index (χ0v) is 18.5. The SMILES string of the molecule is CCCCCCCCC1CC1CCCCCCCCOCCOCCOC. The van der Waals surface area contributed by atoms with Gasteiger partial charge in [0.15, 0.2) is 0 Å². The minimum absolute atomic E-state index is 0.667. The first kappa shape index (κ1) is 24.9. The lowest BCUT2D eigenvalue weighted by molar-refractivity contribution is 0.0239. The third-order valence-electron chi connectivity index (χ3n) is 5.91. The first-order chi connectivity index (χ1) is 13.4. The number of ether oxygens (including phenoxy) is 3. The predicted molar refractivity (Wildman–Crippen MR) is 115 cm³/mol. The molecule has 0 spiro atoms. The highest BCUT2D eigenvalue weighted by atomic mass is 16.5.